The number of carbonyl (C=O) groups is 1. The van der Waals surface area contributed by atoms with E-state index >= 15 is 0 Å². The van der Waals surface area contributed by atoms with Gasteiger partial charge in [0.1, 0.15) is 6.20 Å². The molecule has 0 aromatic carbocycles. The Morgan fingerprint density at radius 1 is 1.46 bits per heavy atom. The van der Waals surface area contributed by atoms with E-state index < -0.39 is 11.0 Å². The molecule has 2 rings (SSSR count). The Bertz CT molecular complexity index is 614. The van der Waals surface area contributed by atoms with Crippen LogP contribution in [0.15, 0.2) is 6.20 Å². The third-order valence-electron chi connectivity index (χ3n) is 4.61. The molecule has 134 valence electrons. The van der Waals surface area contributed by atoms with Gasteiger partial charge in [0, 0.05) is 26.2 Å². The van der Waals surface area contributed by atoms with Gasteiger partial charge in [-0.2, -0.15) is 5.10 Å². The van der Waals surface area contributed by atoms with Gasteiger partial charge in [-0.1, -0.05) is 20.8 Å². The zero-order chi connectivity index (χ0) is 18.1. The molecular formula is C15H25N5O4. The molecule has 1 amide bonds. The third-order valence-corrected chi connectivity index (χ3v) is 4.61. The average Bonchev–Trinajstić information content (AvgIpc) is 2.86. The standard InChI is InChI=1S/C15H25N5O4/c1-15(2,3)12(17-14(21)22)10-5-7-19(8-6-10)13-11(20(23)24)9-16-18(13)4/h9-10,12,17H,5-8H2,1-4H3,(H,21,22). The van der Waals surface area contributed by atoms with Crippen LogP contribution < -0.4 is 10.2 Å². The first-order valence-electron chi connectivity index (χ1n) is 8.02. The molecule has 1 fully saturated rings. The van der Waals surface area contributed by atoms with E-state index in [1.807, 2.05) is 25.7 Å². The van der Waals surface area contributed by atoms with E-state index in [-0.39, 0.29) is 23.1 Å². The van der Waals surface area contributed by atoms with Gasteiger partial charge in [-0.25, -0.2) is 9.48 Å². The SMILES string of the molecule is Cn1ncc([N+](=O)[O-])c1N1CCC(C(NC(=O)O)C(C)(C)C)CC1. The maximum absolute atomic E-state index is 11.2. The summed E-state index contributed by atoms with van der Waals surface area (Å²) in [6.07, 6.45) is 1.79. The molecule has 0 saturated carbocycles. The van der Waals surface area contributed by atoms with Crippen molar-refractivity contribution in [1.29, 1.82) is 0 Å². The molecule has 9 heteroatoms. The van der Waals surface area contributed by atoms with Crippen molar-refractivity contribution >= 4 is 17.6 Å². The number of piperidine rings is 1. The summed E-state index contributed by atoms with van der Waals surface area (Å²) in [5, 5.41) is 26.9. The first-order valence-corrected chi connectivity index (χ1v) is 8.02. The Morgan fingerprint density at radius 2 is 2.04 bits per heavy atom. The highest BCUT2D eigenvalue weighted by Crippen LogP contribution is 2.35. The summed E-state index contributed by atoms with van der Waals surface area (Å²) >= 11 is 0. The van der Waals surface area contributed by atoms with Crippen LogP contribution in [0.3, 0.4) is 0 Å². The minimum Gasteiger partial charge on any atom is -0.465 e. The van der Waals surface area contributed by atoms with Crippen molar-refractivity contribution < 1.29 is 14.8 Å². The maximum Gasteiger partial charge on any atom is 0.404 e. The molecule has 2 heterocycles. The fourth-order valence-corrected chi connectivity index (χ4v) is 3.53. The highest BCUT2D eigenvalue weighted by atomic mass is 16.6. The van der Waals surface area contributed by atoms with E-state index in [4.69, 9.17) is 5.11 Å². The zero-order valence-corrected chi connectivity index (χ0v) is 14.5. The van der Waals surface area contributed by atoms with Crippen molar-refractivity contribution in [3.63, 3.8) is 0 Å². The number of nitrogens with one attached hydrogen (secondary N) is 1. The lowest BCUT2D eigenvalue weighted by Gasteiger charge is -2.41. The molecule has 1 aliphatic heterocycles. The molecule has 0 aliphatic carbocycles. The topological polar surface area (TPSA) is 114 Å². The second-order valence-corrected chi connectivity index (χ2v) is 7.35. The second-order valence-electron chi connectivity index (χ2n) is 7.35. The van der Waals surface area contributed by atoms with Crippen molar-refractivity contribution in [1.82, 2.24) is 15.1 Å². The largest absolute Gasteiger partial charge is 0.465 e. The van der Waals surface area contributed by atoms with Crippen LogP contribution in [0, 0.1) is 21.4 Å². The van der Waals surface area contributed by atoms with Gasteiger partial charge in [0.2, 0.25) is 5.82 Å². The van der Waals surface area contributed by atoms with Crippen LogP contribution >= 0.6 is 0 Å². The lowest BCUT2D eigenvalue weighted by Crippen LogP contribution is -2.51. The fraction of sp³-hybridized carbons (Fsp3) is 0.733. The lowest BCUT2D eigenvalue weighted by atomic mass is 9.75. The number of nitrogens with zero attached hydrogens (tertiary/aromatic N) is 4. The van der Waals surface area contributed by atoms with Crippen molar-refractivity contribution in [2.24, 2.45) is 18.4 Å². The Hall–Kier alpha value is -2.32. The summed E-state index contributed by atoms with van der Waals surface area (Å²) in [6.45, 7) is 7.33. The van der Waals surface area contributed by atoms with Crippen molar-refractivity contribution in [3.05, 3.63) is 16.3 Å². The highest BCUT2D eigenvalue weighted by molar-refractivity contribution is 5.65. The highest BCUT2D eigenvalue weighted by Gasteiger charge is 2.37. The summed E-state index contributed by atoms with van der Waals surface area (Å²) < 4.78 is 1.52. The van der Waals surface area contributed by atoms with Crippen molar-refractivity contribution in [2.75, 3.05) is 18.0 Å². The summed E-state index contributed by atoms with van der Waals surface area (Å²) in [5.41, 5.74) is -0.184. The molecule has 0 radical (unpaired) electrons. The molecule has 0 bridgehead atoms. The van der Waals surface area contributed by atoms with E-state index in [9.17, 15) is 14.9 Å². The van der Waals surface area contributed by atoms with Crippen molar-refractivity contribution in [3.8, 4) is 0 Å². The maximum atomic E-state index is 11.2. The summed E-state index contributed by atoms with van der Waals surface area (Å²) in [5.74, 6) is 0.710. The molecule has 9 nitrogen and oxygen atoms in total. The predicted molar refractivity (Wildman–Crippen MR) is 89.2 cm³/mol. The minimum atomic E-state index is -1.01. The first kappa shape index (κ1) is 18.0. The molecule has 1 aromatic rings. The monoisotopic (exact) mass is 339 g/mol. The van der Waals surface area contributed by atoms with Gasteiger partial charge in [-0.3, -0.25) is 10.1 Å². The molecule has 1 saturated heterocycles. The quantitative estimate of drug-likeness (QED) is 0.642. The number of aryl methyl sites for hydroxylation is 1. The number of hydrogen-bond acceptors (Lipinski definition) is 5. The van der Waals surface area contributed by atoms with Gasteiger partial charge in [0.25, 0.3) is 0 Å². The minimum absolute atomic E-state index is 0.00647. The molecule has 1 aliphatic rings. The molecule has 24 heavy (non-hydrogen) atoms. The van der Waals surface area contributed by atoms with Crippen LogP contribution in [-0.4, -0.2) is 45.0 Å². The zero-order valence-electron chi connectivity index (χ0n) is 14.5. The molecule has 0 spiro atoms. The summed E-state index contributed by atoms with van der Waals surface area (Å²) in [4.78, 5) is 23.8. The smallest absolute Gasteiger partial charge is 0.404 e. The average molecular weight is 339 g/mol. The number of anilines is 1. The van der Waals surface area contributed by atoms with Crippen LogP contribution in [0.25, 0.3) is 0 Å². The molecular weight excluding hydrogens is 314 g/mol. The van der Waals surface area contributed by atoms with Crippen LogP contribution in [0.5, 0.6) is 0 Å². The number of hydrogen-bond donors (Lipinski definition) is 2. The third kappa shape index (κ3) is 3.77. The number of nitro groups is 1. The fourth-order valence-electron chi connectivity index (χ4n) is 3.53. The van der Waals surface area contributed by atoms with Gasteiger partial charge in [-0.15, -0.1) is 0 Å². The molecule has 2 N–H and O–H groups in total. The molecule has 1 unspecified atom stereocenters. The second kappa shape index (κ2) is 6.66. The number of aromatic nitrogens is 2. The van der Waals surface area contributed by atoms with E-state index in [1.54, 1.807) is 7.05 Å². The van der Waals surface area contributed by atoms with Crippen LogP contribution in [0.1, 0.15) is 33.6 Å². The van der Waals surface area contributed by atoms with Gasteiger partial charge in [-0.05, 0) is 24.2 Å². The summed E-state index contributed by atoms with van der Waals surface area (Å²) in [6, 6.07) is -0.154. The lowest BCUT2D eigenvalue weighted by molar-refractivity contribution is -0.384. The van der Waals surface area contributed by atoms with Gasteiger partial charge < -0.3 is 15.3 Å². The van der Waals surface area contributed by atoms with Gasteiger partial charge in [0.05, 0.1) is 4.92 Å². The van der Waals surface area contributed by atoms with Crippen LogP contribution in [-0.2, 0) is 7.05 Å². The Kier molecular flexibility index (Phi) is 5.00. The first-order chi connectivity index (χ1) is 11.1. The van der Waals surface area contributed by atoms with Crippen molar-refractivity contribution in [2.45, 2.75) is 39.7 Å². The predicted octanol–water partition coefficient (Wildman–Crippen LogP) is 2.23. The Balaban J connectivity index is 2.12. The molecule has 1 atom stereocenters. The van der Waals surface area contributed by atoms with Crippen LogP contribution in [0.4, 0.5) is 16.3 Å². The van der Waals surface area contributed by atoms with E-state index in [0.717, 1.165) is 12.8 Å². The van der Waals surface area contributed by atoms with Crippen LogP contribution in [0.2, 0.25) is 0 Å². The normalized spacial score (nSPS) is 17.6. The summed E-state index contributed by atoms with van der Waals surface area (Å²) in [7, 11) is 1.69. The number of rotatable bonds is 4. The van der Waals surface area contributed by atoms with E-state index in [0.29, 0.717) is 18.9 Å². The Morgan fingerprint density at radius 3 is 2.50 bits per heavy atom. The van der Waals surface area contributed by atoms with E-state index in [2.05, 4.69) is 10.4 Å². The number of carboxylic acid groups (broad SMARTS) is 1. The number of amides is 1. The van der Waals surface area contributed by atoms with Gasteiger partial charge in [0.15, 0.2) is 0 Å². The van der Waals surface area contributed by atoms with E-state index in [1.165, 1.54) is 10.9 Å². The van der Waals surface area contributed by atoms with Gasteiger partial charge >= 0.3 is 11.8 Å². The molecule has 1 aromatic heterocycles. The Labute approximate surface area is 140 Å².